The zero-order valence-electron chi connectivity index (χ0n) is 37.5. The van der Waals surface area contributed by atoms with Crippen LogP contribution in [-0.4, -0.2) is 37.2 Å². The van der Waals surface area contributed by atoms with Gasteiger partial charge in [0.25, 0.3) is 0 Å². The molecule has 0 spiro atoms. The van der Waals surface area contributed by atoms with Gasteiger partial charge in [-0.2, -0.15) is 0 Å². The zero-order chi connectivity index (χ0) is 42.3. The van der Waals surface area contributed by atoms with Gasteiger partial charge in [0.1, 0.15) is 13.2 Å². The van der Waals surface area contributed by atoms with Crippen LogP contribution in [0.25, 0.3) is 0 Å². The average molecular weight is 807 g/mol. The number of carbonyl (C=O) groups excluding carboxylic acids is 3. The second-order valence-electron chi connectivity index (χ2n) is 15.2. The first-order chi connectivity index (χ1) is 28.5. The summed E-state index contributed by atoms with van der Waals surface area (Å²) in [6, 6.07) is 0. The molecule has 0 bridgehead atoms. The fraction of sp³-hybridized carbons (Fsp3) is 0.673. The van der Waals surface area contributed by atoms with Crippen molar-refractivity contribution in [1.82, 2.24) is 0 Å². The third-order valence-corrected chi connectivity index (χ3v) is 9.61. The van der Waals surface area contributed by atoms with E-state index in [2.05, 4.69) is 106 Å². The second kappa shape index (κ2) is 46.3. The number of rotatable bonds is 41. The molecule has 0 aliphatic carbocycles. The molecule has 0 saturated heterocycles. The normalized spacial score (nSPS) is 12.8. The van der Waals surface area contributed by atoms with Gasteiger partial charge in [-0.15, -0.1) is 0 Å². The fourth-order valence-electron chi connectivity index (χ4n) is 6.11. The Balaban J connectivity index is 4.48. The van der Waals surface area contributed by atoms with E-state index in [-0.39, 0.29) is 37.5 Å². The molecule has 58 heavy (non-hydrogen) atoms. The quantitative estimate of drug-likeness (QED) is 0.0265. The minimum atomic E-state index is -0.813. The molecule has 0 aromatic heterocycles. The lowest BCUT2D eigenvalue weighted by atomic mass is 10.1. The van der Waals surface area contributed by atoms with Crippen LogP contribution in [0.3, 0.4) is 0 Å². The van der Waals surface area contributed by atoms with E-state index >= 15 is 0 Å². The van der Waals surface area contributed by atoms with Crippen LogP contribution in [0.5, 0.6) is 0 Å². The van der Waals surface area contributed by atoms with Gasteiger partial charge in [0.2, 0.25) is 0 Å². The van der Waals surface area contributed by atoms with Crippen molar-refractivity contribution < 1.29 is 28.6 Å². The van der Waals surface area contributed by atoms with Gasteiger partial charge in [-0.1, -0.05) is 164 Å². The highest BCUT2D eigenvalue weighted by Crippen LogP contribution is 2.12. The van der Waals surface area contributed by atoms with E-state index in [0.29, 0.717) is 19.3 Å². The predicted octanol–water partition coefficient (Wildman–Crippen LogP) is 15.3. The van der Waals surface area contributed by atoms with Crippen molar-refractivity contribution in [1.29, 1.82) is 0 Å². The maximum Gasteiger partial charge on any atom is 0.306 e. The molecule has 1 atom stereocenters. The zero-order valence-corrected chi connectivity index (χ0v) is 37.5. The van der Waals surface area contributed by atoms with E-state index in [9.17, 15) is 14.4 Å². The molecule has 0 heterocycles. The third kappa shape index (κ3) is 43.7. The van der Waals surface area contributed by atoms with E-state index in [1.54, 1.807) is 0 Å². The van der Waals surface area contributed by atoms with E-state index in [0.717, 1.165) is 103 Å². The number of hydrogen-bond acceptors (Lipinski definition) is 6. The Labute approximate surface area is 356 Å². The van der Waals surface area contributed by atoms with Crippen molar-refractivity contribution in [3.63, 3.8) is 0 Å². The van der Waals surface area contributed by atoms with E-state index in [4.69, 9.17) is 14.2 Å². The predicted molar refractivity (Wildman–Crippen MR) is 247 cm³/mol. The van der Waals surface area contributed by atoms with Gasteiger partial charge in [-0.25, -0.2) is 0 Å². The van der Waals surface area contributed by atoms with Crippen LogP contribution in [-0.2, 0) is 28.6 Å². The van der Waals surface area contributed by atoms with Gasteiger partial charge in [-0.05, 0) is 109 Å². The fourth-order valence-corrected chi connectivity index (χ4v) is 6.11. The number of esters is 3. The summed E-state index contributed by atoms with van der Waals surface area (Å²) in [6.45, 7) is 6.31. The first-order valence-corrected chi connectivity index (χ1v) is 23.6. The van der Waals surface area contributed by atoms with Gasteiger partial charge in [-0.3, -0.25) is 14.4 Å². The summed E-state index contributed by atoms with van der Waals surface area (Å²) in [5.41, 5.74) is 0. The Morgan fingerprint density at radius 2 is 0.672 bits per heavy atom. The Hall–Kier alpha value is -3.41. The van der Waals surface area contributed by atoms with Gasteiger partial charge in [0.15, 0.2) is 6.10 Å². The molecule has 0 N–H and O–H groups in total. The SMILES string of the molecule is CC/C=C\C/C=C\C/C=C\CCCCC(=O)OCC(COC(=O)CCCCCCC/C=C\CCCCCCCCC)OC(=O)CCCC/C=C\C/C=C\C/C=C\CC. The van der Waals surface area contributed by atoms with Crippen molar-refractivity contribution in [3.8, 4) is 0 Å². The van der Waals surface area contributed by atoms with E-state index in [1.165, 1.54) is 57.8 Å². The van der Waals surface area contributed by atoms with E-state index < -0.39 is 6.10 Å². The summed E-state index contributed by atoms with van der Waals surface area (Å²) in [4.78, 5) is 37.8. The monoisotopic (exact) mass is 807 g/mol. The second-order valence-corrected chi connectivity index (χ2v) is 15.2. The average Bonchev–Trinajstić information content (AvgIpc) is 3.22. The number of carbonyl (C=O) groups is 3. The maximum absolute atomic E-state index is 12.7. The topological polar surface area (TPSA) is 78.9 Å². The molecular weight excluding hydrogens is 721 g/mol. The summed E-state index contributed by atoms with van der Waals surface area (Å²) in [5.74, 6) is -1.01. The van der Waals surface area contributed by atoms with Crippen molar-refractivity contribution in [2.75, 3.05) is 13.2 Å². The molecule has 0 amide bonds. The first-order valence-electron chi connectivity index (χ1n) is 23.6. The number of ether oxygens (including phenoxy) is 3. The molecule has 0 rings (SSSR count). The standard InChI is InChI=1S/C52H86O6/c1-4-7-10-13-16-19-22-25-26-27-28-31-33-36-39-42-45-51(54)57-48-49(58-52(55)46-43-40-37-34-30-24-21-18-15-12-9-6-3)47-56-50(53)44-41-38-35-32-29-23-20-17-14-11-8-5-2/h8-9,11-12,17-18,20-21,26-27,29-30,32,34,49H,4-7,10,13-16,19,22-25,28,31,33,35-48H2,1-3H3/b11-8-,12-9-,20-17-,21-18-,27-26-,32-29-,34-30-. The Morgan fingerprint density at radius 1 is 0.362 bits per heavy atom. The highest BCUT2D eigenvalue weighted by atomic mass is 16.6. The Bertz CT molecular complexity index is 1160. The molecule has 6 heteroatoms. The maximum atomic E-state index is 12.7. The van der Waals surface area contributed by atoms with Crippen LogP contribution in [0.15, 0.2) is 85.1 Å². The van der Waals surface area contributed by atoms with Gasteiger partial charge in [0.05, 0.1) is 0 Å². The Morgan fingerprint density at radius 3 is 1.10 bits per heavy atom. The van der Waals surface area contributed by atoms with Crippen LogP contribution >= 0.6 is 0 Å². The molecule has 6 nitrogen and oxygen atoms in total. The van der Waals surface area contributed by atoms with Crippen LogP contribution in [0.1, 0.15) is 207 Å². The summed E-state index contributed by atoms with van der Waals surface area (Å²) in [6.07, 6.45) is 58.6. The molecule has 0 saturated carbocycles. The van der Waals surface area contributed by atoms with Gasteiger partial charge >= 0.3 is 17.9 Å². The molecule has 0 aromatic rings. The molecule has 0 fully saturated rings. The number of hydrogen-bond donors (Lipinski definition) is 0. The van der Waals surface area contributed by atoms with Crippen LogP contribution in [0.4, 0.5) is 0 Å². The minimum absolute atomic E-state index is 0.109. The van der Waals surface area contributed by atoms with Crippen molar-refractivity contribution in [2.45, 2.75) is 213 Å². The van der Waals surface area contributed by atoms with Crippen LogP contribution < -0.4 is 0 Å². The van der Waals surface area contributed by atoms with Crippen LogP contribution in [0.2, 0.25) is 0 Å². The molecule has 330 valence electrons. The van der Waals surface area contributed by atoms with Gasteiger partial charge in [0, 0.05) is 19.3 Å². The van der Waals surface area contributed by atoms with Crippen molar-refractivity contribution >= 4 is 17.9 Å². The first kappa shape index (κ1) is 54.6. The highest BCUT2D eigenvalue weighted by Gasteiger charge is 2.19. The molecule has 1 unspecified atom stereocenters. The molecule has 0 aromatic carbocycles. The van der Waals surface area contributed by atoms with Crippen LogP contribution in [0, 0.1) is 0 Å². The summed E-state index contributed by atoms with van der Waals surface area (Å²) < 4.78 is 16.6. The Kier molecular flexibility index (Phi) is 43.6. The lowest BCUT2D eigenvalue weighted by Gasteiger charge is -2.18. The van der Waals surface area contributed by atoms with Gasteiger partial charge < -0.3 is 14.2 Å². The molecule has 0 aliphatic heterocycles. The highest BCUT2D eigenvalue weighted by molar-refractivity contribution is 5.71. The van der Waals surface area contributed by atoms with Crippen molar-refractivity contribution in [2.24, 2.45) is 0 Å². The lowest BCUT2D eigenvalue weighted by Crippen LogP contribution is -2.30. The molecular formula is C52H86O6. The largest absolute Gasteiger partial charge is 0.462 e. The third-order valence-electron chi connectivity index (χ3n) is 9.61. The van der Waals surface area contributed by atoms with Crippen molar-refractivity contribution in [3.05, 3.63) is 85.1 Å². The number of unbranched alkanes of at least 4 members (excludes halogenated alkanes) is 16. The summed E-state index contributed by atoms with van der Waals surface area (Å²) in [5, 5.41) is 0. The minimum Gasteiger partial charge on any atom is -0.462 e. The molecule has 0 aliphatic rings. The summed E-state index contributed by atoms with van der Waals surface area (Å²) in [7, 11) is 0. The summed E-state index contributed by atoms with van der Waals surface area (Å²) >= 11 is 0. The van der Waals surface area contributed by atoms with E-state index in [1.807, 2.05) is 0 Å². The lowest BCUT2D eigenvalue weighted by molar-refractivity contribution is -0.167. The smallest absolute Gasteiger partial charge is 0.306 e. The molecule has 0 radical (unpaired) electrons. The number of allylic oxidation sites excluding steroid dienone is 14.